The first kappa shape index (κ1) is 15.7. The van der Waals surface area contributed by atoms with Gasteiger partial charge in [-0.15, -0.1) is 0 Å². The maximum Gasteiger partial charge on any atom is 0.162 e. The molecule has 0 radical (unpaired) electrons. The molecule has 0 aliphatic heterocycles. The summed E-state index contributed by atoms with van der Waals surface area (Å²) in [6, 6.07) is 12.8. The average Bonchev–Trinajstić information content (AvgIpc) is 2.58. The van der Waals surface area contributed by atoms with Gasteiger partial charge in [0.05, 0.1) is 13.7 Å². The molecule has 0 fully saturated rings. The van der Waals surface area contributed by atoms with E-state index in [-0.39, 0.29) is 0 Å². The number of methoxy groups -OCH3 is 1. The third-order valence-electron chi connectivity index (χ3n) is 3.05. The van der Waals surface area contributed by atoms with Crippen molar-refractivity contribution in [2.45, 2.75) is 13.3 Å². The van der Waals surface area contributed by atoms with Gasteiger partial charge in [-0.3, -0.25) is 4.79 Å². The lowest BCUT2D eigenvalue weighted by Gasteiger charge is -2.09. The van der Waals surface area contributed by atoms with Crippen molar-refractivity contribution >= 4 is 6.29 Å². The number of hydrogen-bond donors (Lipinski definition) is 0. The molecule has 0 amide bonds. The fourth-order valence-electron chi connectivity index (χ4n) is 1.93. The molecule has 22 heavy (non-hydrogen) atoms. The number of hydrogen-bond acceptors (Lipinski definition) is 3. The van der Waals surface area contributed by atoms with E-state index in [9.17, 15) is 4.79 Å². The van der Waals surface area contributed by atoms with Gasteiger partial charge in [0.2, 0.25) is 0 Å². The normalized spacial score (nSPS) is 9.55. The van der Waals surface area contributed by atoms with E-state index in [0.717, 1.165) is 18.3 Å². The molecule has 3 heteroatoms. The predicted molar refractivity (Wildman–Crippen MR) is 86.6 cm³/mol. The Balaban J connectivity index is 2.30. The summed E-state index contributed by atoms with van der Waals surface area (Å²) in [4.78, 5) is 11.0. The number of carbonyl (C=O) groups is 1. The smallest absolute Gasteiger partial charge is 0.162 e. The Kier molecular flexibility index (Phi) is 5.62. The highest BCUT2D eigenvalue weighted by atomic mass is 16.5. The molecule has 0 atom stereocenters. The second-order valence-corrected chi connectivity index (χ2v) is 4.67. The number of rotatable bonds is 5. The molecule has 112 valence electrons. The SMILES string of the molecule is CCCOc1cc(C#Cc2ccccc2C=O)ccc1OC. The van der Waals surface area contributed by atoms with Crippen molar-refractivity contribution in [3.05, 3.63) is 59.2 Å². The molecule has 0 heterocycles. The summed E-state index contributed by atoms with van der Waals surface area (Å²) in [5.74, 6) is 7.45. The lowest BCUT2D eigenvalue weighted by atomic mass is 10.1. The summed E-state index contributed by atoms with van der Waals surface area (Å²) >= 11 is 0. The van der Waals surface area contributed by atoms with Crippen LogP contribution in [-0.4, -0.2) is 20.0 Å². The fourth-order valence-corrected chi connectivity index (χ4v) is 1.93. The summed E-state index contributed by atoms with van der Waals surface area (Å²) in [7, 11) is 1.61. The molecule has 0 N–H and O–H groups in total. The third-order valence-corrected chi connectivity index (χ3v) is 3.05. The monoisotopic (exact) mass is 294 g/mol. The summed E-state index contributed by atoms with van der Waals surface area (Å²) in [5.41, 5.74) is 2.11. The summed E-state index contributed by atoms with van der Waals surface area (Å²) in [5, 5.41) is 0. The van der Waals surface area contributed by atoms with Crippen LogP contribution in [0.15, 0.2) is 42.5 Å². The molecule has 0 unspecified atom stereocenters. The van der Waals surface area contributed by atoms with Crippen molar-refractivity contribution in [2.75, 3.05) is 13.7 Å². The van der Waals surface area contributed by atoms with Gasteiger partial charge < -0.3 is 9.47 Å². The van der Waals surface area contributed by atoms with Crippen LogP contribution >= 0.6 is 0 Å². The quantitative estimate of drug-likeness (QED) is 0.623. The average molecular weight is 294 g/mol. The van der Waals surface area contributed by atoms with Gasteiger partial charge in [0.25, 0.3) is 0 Å². The zero-order valence-electron chi connectivity index (χ0n) is 12.8. The van der Waals surface area contributed by atoms with Gasteiger partial charge in [-0.05, 0) is 30.7 Å². The zero-order chi connectivity index (χ0) is 15.8. The van der Waals surface area contributed by atoms with Gasteiger partial charge in [0.15, 0.2) is 17.8 Å². The van der Waals surface area contributed by atoms with E-state index in [1.807, 2.05) is 43.3 Å². The van der Waals surface area contributed by atoms with Crippen molar-refractivity contribution in [1.29, 1.82) is 0 Å². The minimum Gasteiger partial charge on any atom is -0.493 e. The van der Waals surface area contributed by atoms with Crippen LogP contribution in [0.5, 0.6) is 11.5 Å². The van der Waals surface area contributed by atoms with Crippen molar-refractivity contribution < 1.29 is 14.3 Å². The molecule has 0 bridgehead atoms. The zero-order valence-corrected chi connectivity index (χ0v) is 12.8. The van der Waals surface area contributed by atoms with Crippen LogP contribution in [0.1, 0.15) is 34.8 Å². The Labute approximate surface area is 130 Å². The molecule has 0 spiro atoms. The van der Waals surface area contributed by atoms with Gasteiger partial charge in [-0.2, -0.15) is 0 Å². The molecule has 0 saturated carbocycles. The van der Waals surface area contributed by atoms with Crippen LogP contribution in [0.2, 0.25) is 0 Å². The summed E-state index contributed by atoms with van der Waals surface area (Å²) in [6.07, 6.45) is 1.74. The van der Waals surface area contributed by atoms with Crippen LogP contribution in [0, 0.1) is 11.8 Å². The van der Waals surface area contributed by atoms with E-state index in [1.165, 1.54) is 0 Å². The number of carbonyl (C=O) groups excluding carboxylic acids is 1. The molecular weight excluding hydrogens is 276 g/mol. The van der Waals surface area contributed by atoms with Crippen molar-refractivity contribution in [1.82, 2.24) is 0 Å². The molecular formula is C19H18O3. The third kappa shape index (κ3) is 3.89. The second-order valence-electron chi connectivity index (χ2n) is 4.67. The van der Waals surface area contributed by atoms with Gasteiger partial charge in [0.1, 0.15) is 0 Å². The van der Waals surface area contributed by atoms with Crippen LogP contribution < -0.4 is 9.47 Å². The first-order valence-corrected chi connectivity index (χ1v) is 7.15. The topological polar surface area (TPSA) is 35.5 Å². The van der Waals surface area contributed by atoms with E-state index < -0.39 is 0 Å². The van der Waals surface area contributed by atoms with E-state index in [4.69, 9.17) is 9.47 Å². The largest absolute Gasteiger partial charge is 0.493 e. The Morgan fingerprint density at radius 2 is 1.91 bits per heavy atom. The second kappa shape index (κ2) is 7.90. The minimum atomic E-state index is 0.589. The number of ether oxygens (including phenoxy) is 2. The molecule has 2 aromatic rings. The molecule has 2 rings (SSSR count). The Morgan fingerprint density at radius 1 is 1.09 bits per heavy atom. The predicted octanol–water partition coefficient (Wildman–Crippen LogP) is 3.70. The molecule has 0 aliphatic rings. The Hall–Kier alpha value is -2.73. The first-order chi connectivity index (χ1) is 10.8. The lowest BCUT2D eigenvalue weighted by molar-refractivity contribution is 0.112. The highest BCUT2D eigenvalue weighted by Crippen LogP contribution is 2.27. The van der Waals surface area contributed by atoms with Gasteiger partial charge in [-0.25, -0.2) is 0 Å². The van der Waals surface area contributed by atoms with Crippen molar-refractivity contribution in [3.63, 3.8) is 0 Å². The highest BCUT2D eigenvalue weighted by Gasteiger charge is 2.04. The van der Waals surface area contributed by atoms with Gasteiger partial charge in [-0.1, -0.05) is 37.0 Å². The molecule has 0 aromatic heterocycles. The van der Waals surface area contributed by atoms with E-state index >= 15 is 0 Å². The minimum absolute atomic E-state index is 0.589. The van der Waals surface area contributed by atoms with Gasteiger partial charge in [0, 0.05) is 16.7 Å². The van der Waals surface area contributed by atoms with Crippen LogP contribution in [0.25, 0.3) is 0 Å². The Bertz CT molecular complexity index is 708. The van der Waals surface area contributed by atoms with E-state index in [0.29, 0.717) is 29.2 Å². The van der Waals surface area contributed by atoms with Crippen molar-refractivity contribution in [3.8, 4) is 23.3 Å². The van der Waals surface area contributed by atoms with Gasteiger partial charge >= 0.3 is 0 Å². The Morgan fingerprint density at radius 3 is 2.64 bits per heavy atom. The van der Waals surface area contributed by atoms with Crippen LogP contribution in [0.4, 0.5) is 0 Å². The van der Waals surface area contributed by atoms with E-state index in [1.54, 1.807) is 13.2 Å². The highest BCUT2D eigenvalue weighted by molar-refractivity contribution is 5.79. The molecule has 3 nitrogen and oxygen atoms in total. The number of aldehydes is 1. The van der Waals surface area contributed by atoms with Crippen LogP contribution in [-0.2, 0) is 0 Å². The maximum atomic E-state index is 11.0. The molecule has 0 aliphatic carbocycles. The maximum absolute atomic E-state index is 11.0. The summed E-state index contributed by atoms with van der Waals surface area (Å²) in [6.45, 7) is 2.67. The standard InChI is InChI=1S/C19H18O3/c1-3-12-22-19-13-15(9-11-18(19)21-2)8-10-16-6-4-5-7-17(16)14-20/h4-7,9,11,13-14H,3,12H2,1-2H3. The first-order valence-electron chi connectivity index (χ1n) is 7.15. The van der Waals surface area contributed by atoms with Crippen LogP contribution in [0.3, 0.4) is 0 Å². The van der Waals surface area contributed by atoms with Crippen molar-refractivity contribution in [2.24, 2.45) is 0 Å². The fraction of sp³-hybridized carbons (Fsp3) is 0.211. The molecule has 0 saturated heterocycles. The molecule has 2 aromatic carbocycles. The lowest BCUT2D eigenvalue weighted by Crippen LogP contribution is -1.98. The van der Waals surface area contributed by atoms with E-state index in [2.05, 4.69) is 11.8 Å². The summed E-state index contributed by atoms with van der Waals surface area (Å²) < 4.78 is 10.9. The number of benzene rings is 2.